The van der Waals surface area contributed by atoms with Gasteiger partial charge >= 0.3 is 0 Å². The molecule has 1 amide bonds. The van der Waals surface area contributed by atoms with Crippen LogP contribution < -0.4 is 10.6 Å². The number of hydrogen-bond acceptors (Lipinski definition) is 2. The SMILES string of the molecule is Cc1ccc(Cl)c(NC(=O)C2(C)CCCCN2)c1.Cl. The lowest BCUT2D eigenvalue weighted by atomic mass is 9.90. The summed E-state index contributed by atoms with van der Waals surface area (Å²) < 4.78 is 0. The number of anilines is 1. The van der Waals surface area contributed by atoms with Gasteiger partial charge in [0.15, 0.2) is 0 Å². The lowest BCUT2D eigenvalue weighted by molar-refractivity contribution is -0.122. The predicted octanol–water partition coefficient (Wildman–Crippen LogP) is 3.54. The van der Waals surface area contributed by atoms with E-state index in [0.29, 0.717) is 10.7 Å². The molecule has 1 atom stereocenters. The number of nitrogens with one attached hydrogen (secondary N) is 2. The van der Waals surface area contributed by atoms with Crippen LogP contribution in [-0.2, 0) is 4.79 Å². The third-order valence-electron chi connectivity index (χ3n) is 3.49. The van der Waals surface area contributed by atoms with Crippen LogP contribution in [0.4, 0.5) is 5.69 Å². The molecule has 1 heterocycles. The van der Waals surface area contributed by atoms with Crippen molar-refractivity contribution in [3.63, 3.8) is 0 Å². The summed E-state index contributed by atoms with van der Waals surface area (Å²) in [5, 5.41) is 6.80. The van der Waals surface area contributed by atoms with E-state index in [1.165, 1.54) is 0 Å². The predicted molar refractivity (Wildman–Crippen MR) is 82.3 cm³/mol. The molecule has 1 aromatic carbocycles. The summed E-state index contributed by atoms with van der Waals surface area (Å²) in [5.41, 5.74) is 1.29. The molecule has 0 aliphatic carbocycles. The maximum absolute atomic E-state index is 12.3. The highest BCUT2D eigenvalue weighted by Gasteiger charge is 2.34. The summed E-state index contributed by atoms with van der Waals surface area (Å²) in [6.45, 7) is 4.82. The van der Waals surface area contributed by atoms with E-state index in [-0.39, 0.29) is 18.3 Å². The molecule has 1 unspecified atom stereocenters. The number of benzene rings is 1. The Hall–Kier alpha value is -0.770. The molecule has 0 bridgehead atoms. The van der Waals surface area contributed by atoms with E-state index < -0.39 is 5.54 Å². The van der Waals surface area contributed by atoms with Gasteiger partial charge in [0.05, 0.1) is 16.2 Å². The van der Waals surface area contributed by atoms with Crippen LogP contribution >= 0.6 is 24.0 Å². The van der Waals surface area contributed by atoms with E-state index in [2.05, 4.69) is 10.6 Å². The van der Waals surface area contributed by atoms with Gasteiger partial charge < -0.3 is 10.6 Å². The molecule has 106 valence electrons. The van der Waals surface area contributed by atoms with Crippen molar-refractivity contribution in [3.05, 3.63) is 28.8 Å². The Morgan fingerprint density at radius 2 is 2.16 bits per heavy atom. The van der Waals surface area contributed by atoms with E-state index in [9.17, 15) is 4.79 Å². The molecule has 0 spiro atoms. The number of hydrogen-bond donors (Lipinski definition) is 2. The van der Waals surface area contributed by atoms with Gasteiger partial charge in [-0.05, 0) is 57.4 Å². The molecule has 1 aromatic rings. The summed E-state index contributed by atoms with van der Waals surface area (Å²) in [5.74, 6) is -0.00491. The van der Waals surface area contributed by atoms with Gasteiger partial charge in [-0.2, -0.15) is 0 Å². The van der Waals surface area contributed by atoms with Crippen LogP contribution in [0.1, 0.15) is 31.7 Å². The van der Waals surface area contributed by atoms with E-state index >= 15 is 0 Å². The summed E-state index contributed by atoms with van der Waals surface area (Å²) in [4.78, 5) is 12.3. The molecule has 1 saturated heterocycles. The van der Waals surface area contributed by atoms with Gasteiger partial charge in [0.2, 0.25) is 5.91 Å². The molecule has 2 N–H and O–H groups in total. The normalized spacial score (nSPS) is 22.5. The summed E-state index contributed by atoms with van der Waals surface area (Å²) in [6, 6.07) is 5.63. The number of carbonyl (C=O) groups is 1. The van der Waals surface area contributed by atoms with Gasteiger partial charge in [0, 0.05) is 0 Å². The van der Waals surface area contributed by atoms with Crippen LogP contribution in [0.5, 0.6) is 0 Å². The molecule has 0 aromatic heterocycles. The highest BCUT2D eigenvalue weighted by atomic mass is 35.5. The molecular formula is C14H20Cl2N2O. The molecular weight excluding hydrogens is 283 g/mol. The van der Waals surface area contributed by atoms with E-state index in [4.69, 9.17) is 11.6 Å². The molecule has 1 aliphatic rings. The maximum Gasteiger partial charge on any atom is 0.244 e. The molecule has 1 fully saturated rings. The van der Waals surface area contributed by atoms with Crippen LogP contribution in [0.15, 0.2) is 18.2 Å². The van der Waals surface area contributed by atoms with Gasteiger partial charge in [-0.25, -0.2) is 0 Å². The first-order valence-corrected chi connectivity index (χ1v) is 6.72. The van der Waals surface area contributed by atoms with Gasteiger partial charge in [0.1, 0.15) is 0 Å². The van der Waals surface area contributed by atoms with Gasteiger partial charge in [-0.3, -0.25) is 4.79 Å². The van der Waals surface area contributed by atoms with E-state index in [0.717, 1.165) is 31.4 Å². The second kappa shape index (κ2) is 6.60. The zero-order valence-corrected chi connectivity index (χ0v) is 12.8. The minimum Gasteiger partial charge on any atom is -0.323 e. The first kappa shape index (κ1) is 16.3. The maximum atomic E-state index is 12.3. The van der Waals surface area contributed by atoms with Crippen LogP contribution in [-0.4, -0.2) is 18.0 Å². The summed E-state index contributed by atoms with van der Waals surface area (Å²) in [6.07, 6.45) is 3.08. The molecule has 5 heteroatoms. The highest BCUT2D eigenvalue weighted by Crippen LogP contribution is 2.26. The third kappa shape index (κ3) is 3.85. The Labute approximate surface area is 125 Å². The van der Waals surface area contributed by atoms with Crippen molar-refractivity contribution in [1.29, 1.82) is 0 Å². The second-order valence-electron chi connectivity index (χ2n) is 5.15. The smallest absolute Gasteiger partial charge is 0.244 e. The number of halogens is 2. The Kier molecular flexibility index (Phi) is 5.65. The zero-order chi connectivity index (χ0) is 13.2. The Balaban J connectivity index is 0.00000180. The quantitative estimate of drug-likeness (QED) is 0.877. The van der Waals surface area contributed by atoms with Crippen molar-refractivity contribution < 1.29 is 4.79 Å². The monoisotopic (exact) mass is 302 g/mol. The number of piperidine rings is 1. The lowest BCUT2D eigenvalue weighted by Crippen LogP contribution is -2.54. The number of carbonyl (C=O) groups excluding carboxylic acids is 1. The Morgan fingerprint density at radius 3 is 2.79 bits per heavy atom. The largest absolute Gasteiger partial charge is 0.323 e. The van der Waals surface area contributed by atoms with E-state index in [1.807, 2.05) is 32.0 Å². The minimum absolute atomic E-state index is 0. The van der Waals surface area contributed by atoms with Crippen molar-refractivity contribution in [2.75, 3.05) is 11.9 Å². The van der Waals surface area contributed by atoms with Crippen LogP contribution in [0.3, 0.4) is 0 Å². The van der Waals surface area contributed by atoms with Crippen molar-refractivity contribution in [2.45, 2.75) is 38.6 Å². The summed E-state index contributed by atoms with van der Waals surface area (Å²) in [7, 11) is 0. The van der Waals surface area contributed by atoms with Gasteiger partial charge in [-0.15, -0.1) is 12.4 Å². The molecule has 1 aliphatic heterocycles. The molecule has 19 heavy (non-hydrogen) atoms. The number of amides is 1. The van der Waals surface area contributed by atoms with Crippen molar-refractivity contribution in [2.24, 2.45) is 0 Å². The molecule has 2 rings (SSSR count). The Morgan fingerprint density at radius 1 is 1.42 bits per heavy atom. The number of rotatable bonds is 2. The third-order valence-corrected chi connectivity index (χ3v) is 3.82. The zero-order valence-electron chi connectivity index (χ0n) is 11.3. The highest BCUT2D eigenvalue weighted by molar-refractivity contribution is 6.33. The standard InChI is InChI=1S/C14H19ClN2O.ClH/c1-10-5-6-11(15)12(9-10)17-13(18)14(2)7-3-4-8-16-14;/h5-6,9,16H,3-4,7-8H2,1-2H3,(H,17,18);1H. The van der Waals surface area contributed by atoms with Crippen LogP contribution in [0.25, 0.3) is 0 Å². The van der Waals surface area contributed by atoms with Gasteiger partial charge in [0.25, 0.3) is 0 Å². The fourth-order valence-electron chi connectivity index (χ4n) is 2.25. The average molecular weight is 303 g/mol. The second-order valence-corrected chi connectivity index (χ2v) is 5.56. The average Bonchev–Trinajstić information content (AvgIpc) is 2.35. The lowest BCUT2D eigenvalue weighted by Gasteiger charge is -2.33. The molecule has 0 saturated carbocycles. The topological polar surface area (TPSA) is 41.1 Å². The fraction of sp³-hybridized carbons (Fsp3) is 0.500. The number of aryl methyl sites for hydroxylation is 1. The van der Waals surface area contributed by atoms with E-state index in [1.54, 1.807) is 0 Å². The molecule has 3 nitrogen and oxygen atoms in total. The van der Waals surface area contributed by atoms with Gasteiger partial charge in [-0.1, -0.05) is 17.7 Å². The van der Waals surface area contributed by atoms with Crippen LogP contribution in [0, 0.1) is 6.92 Å². The first-order valence-electron chi connectivity index (χ1n) is 6.34. The fourth-order valence-corrected chi connectivity index (χ4v) is 2.41. The van der Waals surface area contributed by atoms with Crippen molar-refractivity contribution in [3.8, 4) is 0 Å². The van der Waals surface area contributed by atoms with Crippen molar-refractivity contribution >= 4 is 35.6 Å². The molecule has 0 radical (unpaired) electrons. The minimum atomic E-state index is -0.481. The first-order chi connectivity index (χ1) is 8.51. The Bertz CT molecular complexity index is 457. The summed E-state index contributed by atoms with van der Waals surface area (Å²) >= 11 is 6.09. The van der Waals surface area contributed by atoms with Crippen LogP contribution in [0.2, 0.25) is 5.02 Å². The van der Waals surface area contributed by atoms with Crippen molar-refractivity contribution in [1.82, 2.24) is 5.32 Å².